The van der Waals surface area contributed by atoms with E-state index in [1.807, 2.05) is 18.2 Å². The highest BCUT2D eigenvalue weighted by molar-refractivity contribution is 6.37. The molecule has 20 heavy (non-hydrogen) atoms. The van der Waals surface area contributed by atoms with Crippen molar-refractivity contribution in [1.82, 2.24) is 4.98 Å². The third-order valence-electron chi connectivity index (χ3n) is 2.42. The molecule has 0 aliphatic carbocycles. The van der Waals surface area contributed by atoms with E-state index in [1.54, 1.807) is 19.1 Å². The van der Waals surface area contributed by atoms with Crippen LogP contribution in [-0.4, -0.2) is 10.7 Å². The van der Waals surface area contributed by atoms with Crippen molar-refractivity contribution in [3.63, 3.8) is 0 Å². The third kappa shape index (κ3) is 3.05. The van der Waals surface area contributed by atoms with Gasteiger partial charge in [0.25, 0.3) is 0 Å². The van der Waals surface area contributed by atoms with Gasteiger partial charge in [-0.05, 0) is 12.5 Å². The van der Waals surface area contributed by atoms with Crippen LogP contribution in [0.15, 0.2) is 35.5 Å². The Hall–Kier alpha value is -1.72. The molecule has 0 radical (unpaired) electrons. The van der Waals surface area contributed by atoms with E-state index in [-0.39, 0.29) is 0 Å². The van der Waals surface area contributed by atoms with Gasteiger partial charge in [-0.2, -0.15) is 13.8 Å². The van der Waals surface area contributed by atoms with Crippen molar-refractivity contribution in [1.29, 1.82) is 0 Å². The summed E-state index contributed by atoms with van der Waals surface area (Å²) in [6, 6.07) is 9.09. The highest BCUT2D eigenvalue weighted by atomic mass is 35.5. The lowest BCUT2D eigenvalue weighted by molar-refractivity contribution is 0.334. The minimum Gasteiger partial charge on any atom is -0.353 e. The number of halogens is 4. The summed E-state index contributed by atoms with van der Waals surface area (Å²) in [4.78, 5) is 7.84. The Labute approximate surface area is 123 Å². The Bertz CT molecular complexity index is 637. The molecule has 0 saturated heterocycles. The second-order valence-corrected chi connectivity index (χ2v) is 4.54. The fraction of sp³-hybridized carbons (Fsp3) is 0.0769. The molecule has 0 N–H and O–H groups in total. The van der Waals surface area contributed by atoms with Gasteiger partial charge in [-0.3, -0.25) is 0 Å². The lowest BCUT2D eigenvalue weighted by Gasteiger charge is -2.06. The molecular formula is C13H8Cl2F2N2O. The molecule has 0 aliphatic heterocycles. The van der Waals surface area contributed by atoms with Gasteiger partial charge in [-0.15, -0.1) is 0 Å². The number of aromatic nitrogens is 1. The number of rotatable bonds is 3. The van der Waals surface area contributed by atoms with Gasteiger partial charge in [-0.1, -0.05) is 58.7 Å². The van der Waals surface area contributed by atoms with Crippen molar-refractivity contribution < 1.29 is 13.6 Å². The van der Waals surface area contributed by atoms with Gasteiger partial charge in [0.15, 0.2) is 0 Å². The molecule has 0 aliphatic rings. The maximum atomic E-state index is 13.2. The van der Waals surface area contributed by atoms with Crippen LogP contribution in [0.4, 0.5) is 8.78 Å². The van der Waals surface area contributed by atoms with E-state index in [0.29, 0.717) is 5.71 Å². The van der Waals surface area contributed by atoms with E-state index in [4.69, 9.17) is 28.0 Å². The summed E-state index contributed by atoms with van der Waals surface area (Å²) in [6.07, 6.45) is 0. The first-order valence-electron chi connectivity index (χ1n) is 5.47. The van der Waals surface area contributed by atoms with Gasteiger partial charge in [0.1, 0.15) is 10.0 Å². The number of pyridine rings is 1. The Morgan fingerprint density at radius 1 is 1.10 bits per heavy atom. The van der Waals surface area contributed by atoms with E-state index < -0.39 is 27.7 Å². The predicted molar refractivity (Wildman–Crippen MR) is 73.5 cm³/mol. The Kier molecular flexibility index (Phi) is 4.52. The molecule has 0 unspecified atom stereocenters. The monoisotopic (exact) mass is 316 g/mol. The van der Waals surface area contributed by atoms with Crippen molar-refractivity contribution in [2.45, 2.75) is 6.92 Å². The lowest BCUT2D eigenvalue weighted by atomic mass is 10.1. The van der Waals surface area contributed by atoms with E-state index in [2.05, 4.69) is 10.1 Å². The summed E-state index contributed by atoms with van der Waals surface area (Å²) in [5, 5.41) is 2.70. The third-order valence-corrected chi connectivity index (χ3v) is 3.08. The average Bonchev–Trinajstić information content (AvgIpc) is 2.46. The normalized spacial score (nSPS) is 11.6. The summed E-state index contributed by atoms with van der Waals surface area (Å²) in [5.74, 6) is -2.83. The number of benzene rings is 1. The van der Waals surface area contributed by atoms with Crippen LogP contribution < -0.4 is 4.84 Å². The fourth-order valence-corrected chi connectivity index (χ4v) is 1.79. The first kappa shape index (κ1) is 14.7. The topological polar surface area (TPSA) is 34.5 Å². The maximum absolute atomic E-state index is 13.2. The molecule has 1 aromatic heterocycles. The smallest absolute Gasteiger partial charge is 0.238 e. The fourth-order valence-electron chi connectivity index (χ4n) is 1.39. The van der Waals surface area contributed by atoms with Gasteiger partial charge in [0, 0.05) is 0 Å². The quantitative estimate of drug-likeness (QED) is 0.475. The molecule has 2 aromatic rings. The predicted octanol–water partition coefficient (Wildman–Crippen LogP) is 4.47. The van der Waals surface area contributed by atoms with Gasteiger partial charge in [0.2, 0.25) is 17.6 Å². The molecule has 1 aromatic carbocycles. The molecule has 7 heteroatoms. The molecule has 0 atom stereocenters. The molecule has 0 fully saturated rings. The summed E-state index contributed by atoms with van der Waals surface area (Å²) in [7, 11) is 0. The minimum absolute atomic E-state index is 0.409. The van der Waals surface area contributed by atoms with Crippen molar-refractivity contribution in [2.24, 2.45) is 5.16 Å². The van der Waals surface area contributed by atoms with Crippen molar-refractivity contribution in [2.75, 3.05) is 0 Å². The first-order valence-corrected chi connectivity index (χ1v) is 6.23. The zero-order chi connectivity index (χ0) is 14.7. The molecule has 0 saturated carbocycles. The Morgan fingerprint density at radius 2 is 1.65 bits per heavy atom. The van der Waals surface area contributed by atoms with Crippen LogP contribution in [0.3, 0.4) is 0 Å². The number of hydrogen-bond donors (Lipinski definition) is 0. The van der Waals surface area contributed by atoms with Crippen molar-refractivity contribution >= 4 is 28.9 Å². The van der Waals surface area contributed by atoms with Crippen molar-refractivity contribution in [3.8, 4) is 5.75 Å². The maximum Gasteiger partial charge on any atom is 0.238 e. The second kappa shape index (κ2) is 6.15. The Balaban J connectivity index is 2.32. The summed E-state index contributed by atoms with van der Waals surface area (Å²) in [5.41, 5.74) is 1.28. The molecule has 0 bridgehead atoms. The second-order valence-electron chi connectivity index (χ2n) is 3.78. The van der Waals surface area contributed by atoms with Crippen LogP contribution >= 0.6 is 23.2 Å². The van der Waals surface area contributed by atoms with E-state index in [1.165, 1.54) is 0 Å². The van der Waals surface area contributed by atoms with E-state index >= 15 is 0 Å². The summed E-state index contributed by atoms with van der Waals surface area (Å²) >= 11 is 11.2. The van der Waals surface area contributed by atoms with Crippen LogP contribution in [0, 0.1) is 11.9 Å². The highest BCUT2D eigenvalue weighted by Gasteiger charge is 2.19. The molecule has 104 valence electrons. The molecule has 0 amide bonds. The van der Waals surface area contributed by atoms with Crippen LogP contribution in [-0.2, 0) is 0 Å². The van der Waals surface area contributed by atoms with Crippen LogP contribution in [0.2, 0.25) is 10.0 Å². The molecule has 1 heterocycles. The first-order chi connectivity index (χ1) is 9.50. The molecule has 0 spiro atoms. The summed E-state index contributed by atoms with van der Waals surface area (Å²) < 4.78 is 26.4. The highest BCUT2D eigenvalue weighted by Crippen LogP contribution is 2.35. The largest absolute Gasteiger partial charge is 0.353 e. The van der Waals surface area contributed by atoms with Crippen LogP contribution in [0.1, 0.15) is 12.5 Å². The molecule has 2 rings (SSSR count). The van der Waals surface area contributed by atoms with Gasteiger partial charge in [0.05, 0.1) is 5.71 Å². The standard InChI is InChI=1S/C13H8Cl2F2N2O/c1-7(8-5-3-2-4-6-8)19-20-11-9(14)12(16)18-13(17)10(11)15/h2-6H,1H3/b19-7+. The average molecular weight is 317 g/mol. The number of hydrogen-bond acceptors (Lipinski definition) is 3. The lowest BCUT2D eigenvalue weighted by Crippen LogP contribution is -2.00. The van der Waals surface area contributed by atoms with Crippen LogP contribution in [0.5, 0.6) is 5.75 Å². The summed E-state index contributed by atoms with van der Waals surface area (Å²) in [6.45, 7) is 1.67. The van der Waals surface area contributed by atoms with E-state index in [9.17, 15) is 8.78 Å². The molecular weight excluding hydrogens is 309 g/mol. The minimum atomic E-state index is -1.21. The number of nitrogens with zero attached hydrogens (tertiary/aromatic N) is 2. The van der Waals surface area contributed by atoms with Crippen LogP contribution in [0.25, 0.3) is 0 Å². The zero-order valence-corrected chi connectivity index (χ0v) is 11.7. The SMILES string of the molecule is C/C(=N\Oc1c(Cl)c(F)nc(F)c1Cl)c1ccccc1. The van der Waals surface area contributed by atoms with Gasteiger partial charge < -0.3 is 4.84 Å². The molecule has 3 nitrogen and oxygen atoms in total. The zero-order valence-electron chi connectivity index (χ0n) is 10.2. The van der Waals surface area contributed by atoms with Gasteiger partial charge >= 0.3 is 0 Å². The van der Waals surface area contributed by atoms with E-state index in [0.717, 1.165) is 5.56 Å². The van der Waals surface area contributed by atoms with Crippen molar-refractivity contribution in [3.05, 3.63) is 57.8 Å². The number of oxime groups is 1. The van der Waals surface area contributed by atoms with Gasteiger partial charge in [-0.25, -0.2) is 0 Å². The Morgan fingerprint density at radius 3 is 2.20 bits per heavy atom.